The Morgan fingerprint density at radius 1 is 0.468 bits per heavy atom. The summed E-state index contributed by atoms with van der Waals surface area (Å²) in [6.07, 6.45) is 19.4. The van der Waals surface area contributed by atoms with Gasteiger partial charge in [0.15, 0.2) is 0 Å². The second-order valence-corrected chi connectivity index (χ2v) is 13.0. The zero-order valence-electron chi connectivity index (χ0n) is 30.5. The number of ether oxygens (including phenoxy) is 4. The molecule has 0 aliphatic heterocycles. The number of hydrogen-bond donors (Lipinski definition) is 1. The van der Waals surface area contributed by atoms with Gasteiger partial charge in [-0.3, -0.25) is 19.2 Å². The average Bonchev–Trinajstić information content (AvgIpc) is 3.07. The molecule has 2 unspecified atom stereocenters. The third kappa shape index (κ3) is 26.5. The van der Waals surface area contributed by atoms with Gasteiger partial charge >= 0.3 is 23.9 Å². The molecule has 1 N–H and O–H groups in total. The zero-order valence-corrected chi connectivity index (χ0v) is 30.5. The highest BCUT2D eigenvalue weighted by Crippen LogP contribution is 2.20. The van der Waals surface area contributed by atoms with Gasteiger partial charge in [-0.05, 0) is 51.4 Å². The van der Waals surface area contributed by atoms with E-state index in [1.54, 1.807) is 0 Å². The van der Waals surface area contributed by atoms with E-state index >= 15 is 0 Å². The van der Waals surface area contributed by atoms with Gasteiger partial charge in [0.1, 0.15) is 0 Å². The lowest BCUT2D eigenvalue weighted by Gasteiger charge is -2.16. The van der Waals surface area contributed by atoms with Gasteiger partial charge in [-0.1, -0.05) is 105 Å². The summed E-state index contributed by atoms with van der Waals surface area (Å²) in [6, 6.07) is 0. The van der Waals surface area contributed by atoms with Crippen molar-refractivity contribution in [2.45, 2.75) is 169 Å². The molecule has 0 aromatic carbocycles. The van der Waals surface area contributed by atoms with Crippen LogP contribution in [-0.2, 0) is 38.1 Å². The maximum atomic E-state index is 12.5. The van der Waals surface area contributed by atoms with Gasteiger partial charge in [-0.15, -0.1) is 0 Å². The highest BCUT2D eigenvalue weighted by Gasteiger charge is 2.20. The minimum atomic E-state index is -0.500. The topological polar surface area (TPSA) is 125 Å². The highest BCUT2D eigenvalue weighted by molar-refractivity contribution is 5.73. The quantitative estimate of drug-likeness (QED) is 0.0415. The van der Waals surface area contributed by atoms with Gasteiger partial charge in [0, 0.05) is 12.8 Å². The lowest BCUT2D eigenvalue weighted by atomic mass is 9.95. The summed E-state index contributed by atoms with van der Waals surface area (Å²) in [4.78, 5) is 49.4. The second kappa shape index (κ2) is 32.4. The number of carbonyl (C=O) groups excluding carboxylic acids is 4. The van der Waals surface area contributed by atoms with Crippen molar-refractivity contribution in [3.63, 3.8) is 0 Å². The summed E-state index contributed by atoms with van der Waals surface area (Å²) in [6.45, 7) is 8.82. The van der Waals surface area contributed by atoms with E-state index in [2.05, 4.69) is 27.7 Å². The second-order valence-electron chi connectivity index (χ2n) is 13.0. The minimum Gasteiger partial charge on any atom is -0.465 e. The van der Waals surface area contributed by atoms with Gasteiger partial charge in [-0.25, -0.2) is 0 Å². The van der Waals surface area contributed by atoms with Gasteiger partial charge in [0.25, 0.3) is 0 Å². The van der Waals surface area contributed by atoms with Crippen LogP contribution in [0.3, 0.4) is 0 Å². The maximum Gasteiger partial charge on any atom is 0.308 e. The summed E-state index contributed by atoms with van der Waals surface area (Å²) in [5, 5.41) is 9.63. The summed E-state index contributed by atoms with van der Waals surface area (Å²) in [5.41, 5.74) is 0. The van der Waals surface area contributed by atoms with Crippen LogP contribution in [0.2, 0.25) is 0 Å². The molecule has 0 aromatic heterocycles. The van der Waals surface area contributed by atoms with E-state index in [9.17, 15) is 24.3 Å². The van der Waals surface area contributed by atoms with Crippen LogP contribution in [0.4, 0.5) is 0 Å². The van der Waals surface area contributed by atoms with E-state index < -0.39 is 17.9 Å². The first-order valence-corrected chi connectivity index (χ1v) is 19.1. The SMILES string of the molecule is CCCCCCC(CCCC)C(=O)OCCCCC(=O)OCC(CO)COC(=O)CCCCOC(=O)C(CCCC)CCCCCC. The Balaban J connectivity index is 4.12. The number of unbranched alkanes of at least 4 members (excludes halogenated alkanes) is 10. The summed E-state index contributed by atoms with van der Waals surface area (Å²) in [5.74, 6) is -1.62. The molecule has 47 heavy (non-hydrogen) atoms. The summed E-state index contributed by atoms with van der Waals surface area (Å²) >= 11 is 0. The van der Waals surface area contributed by atoms with Crippen molar-refractivity contribution in [1.82, 2.24) is 0 Å². The molecule has 0 fully saturated rings. The van der Waals surface area contributed by atoms with Gasteiger partial charge < -0.3 is 24.1 Å². The van der Waals surface area contributed by atoms with E-state index in [-0.39, 0.29) is 56.4 Å². The Morgan fingerprint density at radius 3 is 1.21 bits per heavy atom. The van der Waals surface area contributed by atoms with Crippen LogP contribution in [-0.4, -0.2) is 62.0 Å². The third-order valence-corrected chi connectivity index (χ3v) is 8.55. The van der Waals surface area contributed by atoms with Crippen molar-refractivity contribution in [3.8, 4) is 0 Å². The summed E-state index contributed by atoms with van der Waals surface area (Å²) in [7, 11) is 0. The molecule has 2 atom stereocenters. The van der Waals surface area contributed by atoms with Crippen molar-refractivity contribution in [1.29, 1.82) is 0 Å². The molecule has 0 bridgehead atoms. The molecular weight excluding hydrogens is 600 g/mol. The molecule has 9 nitrogen and oxygen atoms in total. The first kappa shape index (κ1) is 44.8. The molecule has 0 aliphatic carbocycles. The number of aliphatic hydroxyl groups is 1. The normalized spacial score (nSPS) is 13.0. The van der Waals surface area contributed by atoms with Crippen molar-refractivity contribution >= 4 is 23.9 Å². The van der Waals surface area contributed by atoms with Crippen LogP contribution in [0.1, 0.15) is 169 Å². The van der Waals surface area contributed by atoms with E-state index in [4.69, 9.17) is 18.9 Å². The first-order chi connectivity index (χ1) is 22.8. The van der Waals surface area contributed by atoms with E-state index in [0.29, 0.717) is 38.9 Å². The predicted octanol–water partition coefficient (Wildman–Crippen LogP) is 8.66. The largest absolute Gasteiger partial charge is 0.465 e. The van der Waals surface area contributed by atoms with Gasteiger partial charge in [0.2, 0.25) is 0 Å². The van der Waals surface area contributed by atoms with Crippen LogP contribution in [0.25, 0.3) is 0 Å². The Hall–Kier alpha value is -2.16. The fraction of sp³-hybridized carbons (Fsp3) is 0.895. The van der Waals surface area contributed by atoms with Crippen molar-refractivity contribution < 1.29 is 43.2 Å². The highest BCUT2D eigenvalue weighted by atomic mass is 16.6. The third-order valence-electron chi connectivity index (χ3n) is 8.55. The molecule has 0 radical (unpaired) electrons. The minimum absolute atomic E-state index is 0.0380. The molecule has 0 aliphatic rings. The lowest BCUT2D eigenvalue weighted by Crippen LogP contribution is -2.24. The van der Waals surface area contributed by atoms with Crippen LogP contribution in [0.15, 0.2) is 0 Å². The average molecular weight is 671 g/mol. The fourth-order valence-corrected chi connectivity index (χ4v) is 5.34. The molecule has 0 heterocycles. The smallest absolute Gasteiger partial charge is 0.308 e. The standard InChI is InChI=1S/C38H70O9/c1-5-9-13-15-23-33(21-11-7-3)37(42)44-27-19-17-25-35(40)46-30-32(29-39)31-47-36(41)26-18-20-28-45-38(43)34(22-12-8-4)24-16-14-10-6-2/h32-34,39H,5-31H2,1-4H3. The zero-order chi connectivity index (χ0) is 35.0. The van der Waals surface area contributed by atoms with Crippen LogP contribution in [0.5, 0.6) is 0 Å². The van der Waals surface area contributed by atoms with Crippen LogP contribution >= 0.6 is 0 Å². The van der Waals surface area contributed by atoms with Gasteiger partial charge in [-0.2, -0.15) is 0 Å². The number of carbonyl (C=O) groups is 4. The number of esters is 4. The Labute approximate surface area is 286 Å². The Morgan fingerprint density at radius 2 is 0.851 bits per heavy atom. The van der Waals surface area contributed by atoms with Gasteiger partial charge in [0.05, 0.1) is 50.8 Å². The number of hydrogen-bond acceptors (Lipinski definition) is 9. The van der Waals surface area contributed by atoms with E-state index in [0.717, 1.165) is 77.0 Å². The van der Waals surface area contributed by atoms with Crippen molar-refractivity contribution in [3.05, 3.63) is 0 Å². The lowest BCUT2D eigenvalue weighted by molar-refractivity contribution is -0.150. The van der Waals surface area contributed by atoms with Crippen molar-refractivity contribution in [2.75, 3.05) is 33.0 Å². The van der Waals surface area contributed by atoms with Crippen LogP contribution < -0.4 is 0 Å². The molecule has 276 valence electrons. The molecular formula is C38H70O9. The molecule has 0 saturated carbocycles. The van der Waals surface area contributed by atoms with E-state index in [1.165, 1.54) is 25.7 Å². The van der Waals surface area contributed by atoms with E-state index in [1.807, 2.05) is 0 Å². The monoisotopic (exact) mass is 671 g/mol. The molecule has 0 aromatic rings. The molecule has 0 saturated heterocycles. The number of aliphatic hydroxyl groups excluding tert-OH is 1. The molecule has 0 amide bonds. The predicted molar refractivity (Wildman–Crippen MR) is 186 cm³/mol. The molecule has 9 heteroatoms. The van der Waals surface area contributed by atoms with Crippen LogP contribution in [0, 0.1) is 17.8 Å². The Bertz CT molecular complexity index is 723. The molecule has 0 rings (SSSR count). The first-order valence-electron chi connectivity index (χ1n) is 19.1. The number of rotatable bonds is 33. The fourth-order valence-electron chi connectivity index (χ4n) is 5.34. The summed E-state index contributed by atoms with van der Waals surface area (Å²) < 4.78 is 21.6. The maximum absolute atomic E-state index is 12.5. The van der Waals surface area contributed by atoms with Crippen molar-refractivity contribution in [2.24, 2.45) is 17.8 Å². The molecule has 0 spiro atoms. The Kier molecular flexibility index (Phi) is 30.9.